The molecule has 1 aliphatic carbocycles. The summed E-state index contributed by atoms with van der Waals surface area (Å²) in [4.78, 5) is 19.8. The van der Waals surface area contributed by atoms with Gasteiger partial charge in [-0.15, -0.1) is 0 Å². The van der Waals surface area contributed by atoms with E-state index in [1.54, 1.807) is 18.6 Å². The van der Waals surface area contributed by atoms with Crippen molar-refractivity contribution in [3.8, 4) is 0 Å². The van der Waals surface area contributed by atoms with E-state index in [0.29, 0.717) is 12.6 Å². The van der Waals surface area contributed by atoms with Gasteiger partial charge < -0.3 is 15.4 Å². The van der Waals surface area contributed by atoms with Gasteiger partial charge in [-0.1, -0.05) is 0 Å². The molecule has 110 valence electrons. The fourth-order valence-corrected chi connectivity index (χ4v) is 2.05. The van der Waals surface area contributed by atoms with Crippen LogP contribution in [0, 0.1) is 0 Å². The van der Waals surface area contributed by atoms with Gasteiger partial charge in [0.2, 0.25) is 0 Å². The number of hydrogen-bond acceptors (Lipinski definition) is 5. The number of carbonyl (C=O) groups excluding carboxylic acids is 1. The van der Waals surface area contributed by atoms with E-state index < -0.39 is 5.60 Å². The first kappa shape index (κ1) is 14.7. The highest BCUT2D eigenvalue weighted by Gasteiger charge is 2.31. The molecule has 20 heavy (non-hydrogen) atoms. The average molecular weight is 278 g/mol. The fourth-order valence-electron chi connectivity index (χ4n) is 2.05. The molecule has 1 fully saturated rings. The molecule has 1 saturated carbocycles. The van der Waals surface area contributed by atoms with Gasteiger partial charge in [0.25, 0.3) is 0 Å². The monoisotopic (exact) mass is 278 g/mol. The van der Waals surface area contributed by atoms with E-state index in [1.807, 2.05) is 20.8 Å². The van der Waals surface area contributed by atoms with Gasteiger partial charge in [-0.05, 0) is 33.6 Å². The Labute approximate surface area is 119 Å². The van der Waals surface area contributed by atoms with Crippen molar-refractivity contribution >= 4 is 6.09 Å². The first-order valence-electron chi connectivity index (χ1n) is 6.90. The van der Waals surface area contributed by atoms with Crippen molar-refractivity contribution < 1.29 is 9.53 Å². The lowest BCUT2D eigenvalue weighted by atomic mass is 9.87. The van der Waals surface area contributed by atoms with Crippen LogP contribution < -0.4 is 10.6 Å². The molecule has 6 heteroatoms. The molecule has 1 heterocycles. The molecule has 1 amide bonds. The highest BCUT2D eigenvalue weighted by atomic mass is 16.6. The van der Waals surface area contributed by atoms with Crippen molar-refractivity contribution in [1.82, 2.24) is 20.6 Å². The Bertz CT molecular complexity index is 438. The second-order valence-electron chi connectivity index (χ2n) is 6.09. The van der Waals surface area contributed by atoms with Crippen LogP contribution in [0.3, 0.4) is 0 Å². The molecule has 6 nitrogen and oxygen atoms in total. The summed E-state index contributed by atoms with van der Waals surface area (Å²) in [5.41, 5.74) is 0.480. The van der Waals surface area contributed by atoms with E-state index in [0.717, 1.165) is 18.5 Å². The molecule has 0 aromatic carbocycles. The summed E-state index contributed by atoms with van der Waals surface area (Å²) in [6.45, 7) is 6.29. The molecule has 0 saturated heterocycles. The molecule has 0 atom stereocenters. The number of nitrogens with one attached hydrogen (secondary N) is 2. The summed E-state index contributed by atoms with van der Waals surface area (Å²) >= 11 is 0. The molecule has 0 aliphatic heterocycles. The van der Waals surface area contributed by atoms with E-state index in [4.69, 9.17) is 4.74 Å². The van der Waals surface area contributed by atoms with Crippen molar-refractivity contribution in [2.75, 3.05) is 0 Å². The van der Waals surface area contributed by atoms with Crippen molar-refractivity contribution in [3.63, 3.8) is 0 Å². The number of alkyl carbamates (subject to hydrolysis) is 1. The summed E-state index contributed by atoms with van der Waals surface area (Å²) in [6, 6.07) is 0.612. The van der Waals surface area contributed by atoms with Crippen LogP contribution in [-0.2, 0) is 11.3 Å². The zero-order chi connectivity index (χ0) is 14.6. The van der Waals surface area contributed by atoms with Crippen molar-refractivity contribution in [3.05, 3.63) is 24.3 Å². The SMILES string of the molecule is CC(C)(C)OC(=O)NC1CC(NCc2cnccn2)C1. The minimum Gasteiger partial charge on any atom is -0.444 e. The second kappa shape index (κ2) is 6.17. The van der Waals surface area contributed by atoms with E-state index in [1.165, 1.54) is 0 Å². The van der Waals surface area contributed by atoms with Crippen LogP contribution in [0.2, 0.25) is 0 Å². The Kier molecular flexibility index (Phi) is 4.54. The Hall–Kier alpha value is -1.69. The maximum absolute atomic E-state index is 11.6. The zero-order valence-electron chi connectivity index (χ0n) is 12.2. The minimum absolute atomic E-state index is 0.198. The van der Waals surface area contributed by atoms with E-state index in [2.05, 4.69) is 20.6 Å². The molecule has 0 radical (unpaired) electrons. The normalized spacial score (nSPS) is 21.9. The summed E-state index contributed by atoms with van der Waals surface area (Å²) in [6.07, 6.45) is 6.59. The van der Waals surface area contributed by atoms with Crippen LogP contribution in [0.15, 0.2) is 18.6 Å². The molecular weight excluding hydrogens is 256 g/mol. The smallest absolute Gasteiger partial charge is 0.407 e. The molecule has 0 unspecified atom stereocenters. The maximum atomic E-state index is 11.6. The lowest BCUT2D eigenvalue weighted by Crippen LogP contribution is -2.53. The van der Waals surface area contributed by atoms with Crippen molar-refractivity contribution in [2.24, 2.45) is 0 Å². The van der Waals surface area contributed by atoms with Gasteiger partial charge in [0.05, 0.1) is 5.69 Å². The summed E-state index contributed by atoms with van der Waals surface area (Å²) in [5.74, 6) is 0. The molecule has 1 aromatic rings. The first-order valence-corrected chi connectivity index (χ1v) is 6.90. The number of carbonyl (C=O) groups is 1. The van der Waals surface area contributed by atoms with E-state index >= 15 is 0 Å². The molecule has 1 aromatic heterocycles. The standard InChI is InChI=1S/C14H22N4O2/c1-14(2,3)20-13(19)18-11-6-10(7-11)17-9-12-8-15-4-5-16-12/h4-5,8,10-11,17H,6-7,9H2,1-3H3,(H,18,19). The number of rotatable bonds is 4. The quantitative estimate of drug-likeness (QED) is 0.875. The molecule has 0 bridgehead atoms. The number of amides is 1. The Balaban J connectivity index is 1.62. The third-order valence-corrected chi connectivity index (χ3v) is 3.05. The number of ether oxygens (including phenoxy) is 1. The minimum atomic E-state index is -0.447. The number of hydrogen-bond donors (Lipinski definition) is 2. The topological polar surface area (TPSA) is 76.1 Å². The predicted molar refractivity (Wildman–Crippen MR) is 75.1 cm³/mol. The van der Waals surface area contributed by atoms with Crippen molar-refractivity contribution in [1.29, 1.82) is 0 Å². The third-order valence-electron chi connectivity index (χ3n) is 3.05. The molecule has 2 rings (SSSR count). The maximum Gasteiger partial charge on any atom is 0.407 e. The highest BCUT2D eigenvalue weighted by Crippen LogP contribution is 2.20. The van der Waals surface area contributed by atoms with Crippen molar-refractivity contribution in [2.45, 2.75) is 57.8 Å². The van der Waals surface area contributed by atoms with Crippen LogP contribution in [0.4, 0.5) is 4.79 Å². The summed E-state index contributed by atoms with van der Waals surface area (Å²) in [7, 11) is 0. The largest absolute Gasteiger partial charge is 0.444 e. The lowest BCUT2D eigenvalue weighted by molar-refractivity contribution is 0.0465. The van der Waals surface area contributed by atoms with E-state index in [9.17, 15) is 4.79 Å². The zero-order valence-corrected chi connectivity index (χ0v) is 12.2. The Morgan fingerprint density at radius 1 is 1.35 bits per heavy atom. The second-order valence-corrected chi connectivity index (χ2v) is 6.09. The molecule has 0 spiro atoms. The van der Waals surface area contributed by atoms with Gasteiger partial charge in [0.15, 0.2) is 0 Å². The first-order chi connectivity index (χ1) is 9.42. The third kappa shape index (κ3) is 4.77. The molecule has 1 aliphatic rings. The van der Waals surface area contributed by atoms with Gasteiger partial charge in [-0.2, -0.15) is 0 Å². The number of nitrogens with zero attached hydrogens (tertiary/aromatic N) is 2. The fraction of sp³-hybridized carbons (Fsp3) is 0.643. The summed E-state index contributed by atoms with van der Waals surface area (Å²) in [5, 5.41) is 6.26. The highest BCUT2D eigenvalue weighted by molar-refractivity contribution is 5.68. The Morgan fingerprint density at radius 2 is 2.10 bits per heavy atom. The number of aromatic nitrogens is 2. The van der Waals surface area contributed by atoms with E-state index in [-0.39, 0.29) is 12.1 Å². The molecule has 2 N–H and O–H groups in total. The van der Waals surface area contributed by atoms with Crippen LogP contribution in [0.1, 0.15) is 39.3 Å². The Morgan fingerprint density at radius 3 is 2.70 bits per heavy atom. The van der Waals surface area contributed by atoms with Gasteiger partial charge in [-0.25, -0.2) is 4.79 Å². The van der Waals surface area contributed by atoms with Gasteiger partial charge in [0.1, 0.15) is 5.60 Å². The predicted octanol–water partition coefficient (Wildman–Crippen LogP) is 1.62. The van der Waals surface area contributed by atoms with Gasteiger partial charge in [-0.3, -0.25) is 9.97 Å². The van der Waals surface area contributed by atoms with Crippen LogP contribution in [0.25, 0.3) is 0 Å². The van der Waals surface area contributed by atoms with Gasteiger partial charge in [0, 0.05) is 37.2 Å². The summed E-state index contributed by atoms with van der Waals surface area (Å²) < 4.78 is 5.22. The van der Waals surface area contributed by atoms with Crippen LogP contribution in [-0.4, -0.2) is 33.7 Å². The molecular formula is C14H22N4O2. The van der Waals surface area contributed by atoms with Gasteiger partial charge >= 0.3 is 6.09 Å². The van der Waals surface area contributed by atoms with Crippen LogP contribution in [0.5, 0.6) is 0 Å². The van der Waals surface area contributed by atoms with Crippen LogP contribution >= 0.6 is 0 Å². The average Bonchev–Trinajstić information content (AvgIpc) is 2.31. The lowest BCUT2D eigenvalue weighted by Gasteiger charge is -2.36.